The number of carbonyl (C=O) groups excluding carboxylic acids is 1. The van der Waals surface area contributed by atoms with Crippen LogP contribution in [0, 0.1) is 0 Å². The molecule has 1 nitrogen and oxygen atoms in total. The van der Waals surface area contributed by atoms with E-state index in [0.717, 1.165) is 12.8 Å². The Bertz CT molecular complexity index is 118. The van der Waals surface area contributed by atoms with Gasteiger partial charge in [-0.3, -0.25) is 4.79 Å². The molecule has 0 amide bonds. The lowest BCUT2D eigenvalue weighted by atomic mass is 9.97. The fourth-order valence-electron chi connectivity index (χ4n) is 0.685. The molecule has 0 aromatic carbocycles. The van der Waals surface area contributed by atoms with Crippen LogP contribution in [0.25, 0.3) is 0 Å². The van der Waals surface area contributed by atoms with Gasteiger partial charge in [-0.05, 0) is 20.3 Å². The lowest BCUT2D eigenvalue weighted by Gasteiger charge is -2.15. The summed E-state index contributed by atoms with van der Waals surface area (Å²) in [5.74, 6) is -0.360. The van der Waals surface area contributed by atoms with Crippen LogP contribution in [-0.4, -0.2) is 11.5 Å². The van der Waals surface area contributed by atoms with E-state index in [1.54, 1.807) is 0 Å². The van der Waals surface area contributed by atoms with E-state index in [-0.39, 0.29) is 5.78 Å². The summed E-state index contributed by atoms with van der Waals surface area (Å²) in [5.41, 5.74) is -1.59. The number of halogens is 1. The van der Waals surface area contributed by atoms with E-state index in [4.69, 9.17) is 0 Å². The Labute approximate surface area is 61.6 Å². The standard InChI is InChI=1S/C8H15FO/c1-4-5-6-8(3,9)7(2)10/h4-6H2,1-3H3. The molecule has 0 bridgehead atoms. The SMILES string of the molecule is CCCCC(C)(F)C(C)=O. The van der Waals surface area contributed by atoms with E-state index < -0.39 is 5.67 Å². The minimum absolute atomic E-state index is 0.360. The molecular weight excluding hydrogens is 131 g/mol. The number of hydrogen-bond donors (Lipinski definition) is 0. The zero-order valence-corrected chi connectivity index (χ0v) is 6.91. The molecule has 0 saturated carbocycles. The maximum Gasteiger partial charge on any atom is 0.166 e. The van der Waals surface area contributed by atoms with Crippen molar-refractivity contribution in [3.05, 3.63) is 0 Å². The molecule has 0 N–H and O–H groups in total. The van der Waals surface area contributed by atoms with Crippen molar-refractivity contribution < 1.29 is 9.18 Å². The Morgan fingerprint density at radius 1 is 1.60 bits per heavy atom. The highest BCUT2D eigenvalue weighted by atomic mass is 19.1. The molecule has 0 saturated heterocycles. The first-order chi connectivity index (χ1) is 4.50. The Hall–Kier alpha value is -0.400. The highest BCUT2D eigenvalue weighted by Crippen LogP contribution is 2.19. The van der Waals surface area contributed by atoms with Crippen molar-refractivity contribution >= 4 is 5.78 Å². The second-order valence-electron chi connectivity index (χ2n) is 2.86. The summed E-state index contributed by atoms with van der Waals surface area (Å²) in [6.45, 7) is 4.64. The van der Waals surface area contributed by atoms with E-state index in [1.807, 2.05) is 6.92 Å². The Balaban J connectivity index is 3.75. The third-order valence-electron chi connectivity index (χ3n) is 1.73. The van der Waals surface area contributed by atoms with Gasteiger partial charge in [0.25, 0.3) is 0 Å². The van der Waals surface area contributed by atoms with Crippen LogP contribution >= 0.6 is 0 Å². The van der Waals surface area contributed by atoms with E-state index >= 15 is 0 Å². The topological polar surface area (TPSA) is 17.1 Å². The first-order valence-electron chi connectivity index (χ1n) is 3.70. The molecule has 60 valence electrons. The van der Waals surface area contributed by atoms with Crippen molar-refractivity contribution in [1.82, 2.24) is 0 Å². The van der Waals surface area contributed by atoms with Gasteiger partial charge in [0.1, 0.15) is 0 Å². The van der Waals surface area contributed by atoms with Crippen molar-refractivity contribution in [2.24, 2.45) is 0 Å². The van der Waals surface area contributed by atoms with Crippen LogP contribution in [0.2, 0.25) is 0 Å². The summed E-state index contributed by atoms with van der Waals surface area (Å²) in [4.78, 5) is 10.6. The van der Waals surface area contributed by atoms with Crippen molar-refractivity contribution in [1.29, 1.82) is 0 Å². The predicted molar refractivity (Wildman–Crippen MR) is 39.7 cm³/mol. The molecule has 0 aromatic rings. The highest BCUT2D eigenvalue weighted by molar-refractivity contribution is 5.84. The largest absolute Gasteiger partial charge is 0.296 e. The van der Waals surface area contributed by atoms with Crippen molar-refractivity contribution in [2.75, 3.05) is 0 Å². The second-order valence-corrected chi connectivity index (χ2v) is 2.86. The molecule has 0 fully saturated rings. The van der Waals surface area contributed by atoms with Crippen LogP contribution < -0.4 is 0 Å². The lowest BCUT2D eigenvalue weighted by Crippen LogP contribution is -2.27. The quantitative estimate of drug-likeness (QED) is 0.595. The molecular formula is C8H15FO. The van der Waals surface area contributed by atoms with E-state index in [0.29, 0.717) is 6.42 Å². The summed E-state index contributed by atoms with van der Waals surface area (Å²) in [6, 6.07) is 0. The maximum absolute atomic E-state index is 13.1. The number of Topliss-reactive ketones (excluding diaryl/α,β-unsaturated/α-hetero) is 1. The average molecular weight is 146 g/mol. The number of unbranched alkanes of at least 4 members (excludes halogenated alkanes) is 1. The van der Waals surface area contributed by atoms with Crippen LogP contribution in [0.3, 0.4) is 0 Å². The maximum atomic E-state index is 13.1. The van der Waals surface area contributed by atoms with Crippen molar-refractivity contribution in [3.8, 4) is 0 Å². The normalized spacial score (nSPS) is 16.4. The average Bonchev–Trinajstić information content (AvgIpc) is 1.84. The van der Waals surface area contributed by atoms with E-state index in [1.165, 1.54) is 13.8 Å². The van der Waals surface area contributed by atoms with Crippen LogP contribution in [0.4, 0.5) is 4.39 Å². The summed E-state index contributed by atoms with van der Waals surface area (Å²) in [6.07, 6.45) is 2.08. The zero-order valence-electron chi connectivity index (χ0n) is 6.91. The van der Waals surface area contributed by atoms with Crippen LogP contribution in [0.5, 0.6) is 0 Å². The van der Waals surface area contributed by atoms with Gasteiger partial charge in [0.2, 0.25) is 0 Å². The molecule has 0 radical (unpaired) electrons. The fourth-order valence-corrected chi connectivity index (χ4v) is 0.685. The first kappa shape index (κ1) is 9.60. The third kappa shape index (κ3) is 2.95. The number of rotatable bonds is 4. The monoisotopic (exact) mass is 146 g/mol. The van der Waals surface area contributed by atoms with Gasteiger partial charge in [-0.1, -0.05) is 19.8 Å². The molecule has 0 aliphatic rings. The van der Waals surface area contributed by atoms with Gasteiger partial charge in [0, 0.05) is 0 Å². The summed E-state index contributed by atoms with van der Waals surface area (Å²) < 4.78 is 13.1. The fraction of sp³-hybridized carbons (Fsp3) is 0.875. The molecule has 10 heavy (non-hydrogen) atoms. The van der Waals surface area contributed by atoms with Gasteiger partial charge < -0.3 is 0 Å². The Morgan fingerprint density at radius 2 is 2.10 bits per heavy atom. The number of alkyl halides is 1. The van der Waals surface area contributed by atoms with Crippen molar-refractivity contribution in [3.63, 3.8) is 0 Å². The van der Waals surface area contributed by atoms with Gasteiger partial charge in [-0.2, -0.15) is 0 Å². The van der Waals surface area contributed by atoms with Gasteiger partial charge in [-0.25, -0.2) is 4.39 Å². The van der Waals surface area contributed by atoms with Crippen LogP contribution in [0.1, 0.15) is 40.0 Å². The minimum Gasteiger partial charge on any atom is -0.296 e. The smallest absolute Gasteiger partial charge is 0.166 e. The molecule has 0 aliphatic carbocycles. The molecule has 2 heteroatoms. The first-order valence-corrected chi connectivity index (χ1v) is 3.70. The van der Waals surface area contributed by atoms with Gasteiger partial charge >= 0.3 is 0 Å². The Morgan fingerprint density at radius 3 is 2.40 bits per heavy atom. The highest BCUT2D eigenvalue weighted by Gasteiger charge is 2.27. The summed E-state index contributed by atoms with van der Waals surface area (Å²) >= 11 is 0. The van der Waals surface area contributed by atoms with Crippen molar-refractivity contribution in [2.45, 2.75) is 45.7 Å². The summed E-state index contributed by atoms with van der Waals surface area (Å²) in [5, 5.41) is 0. The number of carbonyl (C=O) groups is 1. The molecule has 1 unspecified atom stereocenters. The van der Waals surface area contributed by atoms with Gasteiger partial charge in [0.15, 0.2) is 11.5 Å². The molecule has 0 spiro atoms. The summed E-state index contributed by atoms with van der Waals surface area (Å²) in [7, 11) is 0. The third-order valence-corrected chi connectivity index (χ3v) is 1.73. The molecule has 1 atom stereocenters. The van der Waals surface area contributed by atoms with E-state index in [9.17, 15) is 9.18 Å². The molecule has 0 heterocycles. The number of hydrogen-bond acceptors (Lipinski definition) is 1. The number of ketones is 1. The molecule has 0 rings (SSSR count). The molecule has 0 aromatic heterocycles. The van der Waals surface area contributed by atoms with Gasteiger partial charge in [-0.15, -0.1) is 0 Å². The predicted octanol–water partition coefficient (Wildman–Crippen LogP) is 2.49. The van der Waals surface area contributed by atoms with Gasteiger partial charge in [0.05, 0.1) is 0 Å². The molecule has 0 aliphatic heterocycles. The second kappa shape index (κ2) is 3.69. The zero-order chi connectivity index (χ0) is 8.20. The lowest BCUT2D eigenvalue weighted by molar-refractivity contribution is -0.127. The Kier molecular flexibility index (Phi) is 3.54. The minimum atomic E-state index is -1.59. The van der Waals surface area contributed by atoms with Crippen LogP contribution in [0.15, 0.2) is 0 Å². The van der Waals surface area contributed by atoms with Crippen LogP contribution in [-0.2, 0) is 4.79 Å². The van der Waals surface area contributed by atoms with E-state index in [2.05, 4.69) is 0 Å².